The van der Waals surface area contributed by atoms with Gasteiger partial charge in [-0.1, -0.05) is 0 Å². The maximum Gasteiger partial charge on any atom is 0.0579 e. The first-order valence-corrected chi connectivity index (χ1v) is 3.10. The van der Waals surface area contributed by atoms with Gasteiger partial charge in [0.1, 0.15) is 0 Å². The molecular formula is C6H9N3. The van der Waals surface area contributed by atoms with E-state index in [9.17, 15) is 0 Å². The molecule has 0 aliphatic heterocycles. The molecular weight excluding hydrogens is 114 g/mol. The molecule has 0 radical (unpaired) electrons. The smallest absolute Gasteiger partial charge is 0.0579 e. The quantitative estimate of drug-likeness (QED) is 0.566. The van der Waals surface area contributed by atoms with Gasteiger partial charge in [0, 0.05) is 6.20 Å². The normalized spacial score (nSPS) is 21.9. The van der Waals surface area contributed by atoms with Crippen LogP contribution in [-0.2, 0) is 5.54 Å². The number of H-pyrrole nitrogens is 1. The largest absolute Gasteiger partial charge is 0.320 e. The van der Waals surface area contributed by atoms with E-state index in [-0.39, 0.29) is 5.54 Å². The second-order valence-electron chi connectivity index (χ2n) is 2.63. The van der Waals surface area contributed by atoms with Crippen LogP contribution in [0, 0.1) is 0 Å². The lowest BCUT2D eigenvalue weighted by molar-refractivity contribution is 0.702. The first-order chi connectivity index (χ1) is 4.31. The van der Waals surface area contributed by atoms with Crippen molar-refractivity contribution in [2.24, 2.45) is 5.73 Å². The summed E-state index contributed by atoms with van der Waals surface area (Å²) in [6.45, 7) is 0. The lowest BCUT2D eigenvalue weighted by Gasteiger charge is -2.01. The van der Waals surface area contributed by atoms with Crippen molar-refractivity contribution in [2.75, 3.05) is 0 Å². The van der Waals surface area contributed by atoms with Gasteiger partial charge < -0.3 is 5.73 Å². The fourth-order valence-corrected chi connectivity index (χ4v) is 0.937. The Bertz CT molecular complexity index is 198. The van der Waals surface area contributed by atoms with Crippen molar-refractivity contribution in [1.82, 2.24) is 10.2 Å². The first-order valence-electron chi connectivity index (χ1n) is 3.10. The van der Waals surface area contributed by atoms with Crippen LogP contribution in [0.5, 0.6) is 0 Å². The third kappa shape index (κ3) is 0.650. The molecule has 1 aromatic heterocycles. The molecule has 1 saturated carbocycles. The van der Waals surface area contributed by atoms with Gasteiger partial charge in [-0.05, 0) is 18.9 Å². The van der Waals surface area contributed by atoms with Gasteiger partial charge in [0.15, 0.2) is 0 Å². The second-order valence-corrected chi connectivity index (χ2v) is 2.63. The summed E-state index contributed by atoms with van der Waals surface area (Å²) in [6.07, 6.45) is 3.92. The molecule has 1 aliphatic rings. The number of hydrogen-bond donors (Lipinski definition) is 2. The van der Waals surface area contributed by atoms with Crippen LogP contribution in [-0.4, -0.2) is 10.2 Å². The second kappa shape index (κ2) is 1.36. The third-order valence-corrected chi connectivity index (χ3v) is 1.83. The number of aromatic amines is 1. The molecule has 0 aromatic carbocycles. The van der Waals surface area contributed by atoms with Gasteiger partial charge in [-0.25, -0.2) is 0 Å². The zero-order valence-electron chi connectivity index (χ0n) is 5.09. The number of aromatic nitrogens is 2. The summed E-state index contributed by atoms with van der Waals surface area (Å²) in [7, 11) is 0. The Balaban J connectivity index is 2.34. The molecule has 3 nitrogen and oxygen atoms in total. The number of hydrogen-bond acceptors (Lipinski definition) is 2. The molecule has 0 atom stereocenters. The minimum absolute atomic E-state index is 0.0451. The van der Waals surface area contributed by atoms with Gasteiger partial charge in [-0.15, -0.1) is 0 Å². The molecule has 1 fully saturated rings. The van der Waals surface area contributed by atoms with Crippen molar-refractivity contribution in [3.8, 4) is 0 Å². The highest BCUT2D eigenvalue weighted by molar-refractivity contribution is 5.19. The van der Waals surface area contributed by atoms with Gasteiger partial charge in [-0.3, -0.25) is 5.10 Å². The molecule has 3 N–H and O–H groups in total. The van der Waals surface area contributed by atoms with E-state index in [0.29, 0.717) is 0 Å². The SMILES string of the molecule is NC1(c2ccn[nH]2)CC1. The molecule has 9 heavy (non-hydrogen) atoms. The predicted octanol–water partition coefficient (Wildman–Crippen LogP) is 0.357. The summed E-state index contributed by atoms with van der Waals surface area (Å²) in [6, 6.07) is 1.94. The Morgan fingerprint density at radius 2 is 2.44 bits per heavy atom. The van der Waals surface area contributed by atoms with Gasteiger partial charge in [0.25, 0.3) is 0 Å². The molecule has 0 spiro atoms. The zero-order chi connectivity index (χ0) is 6.32. The summed E-state index contributed by atoms with van der Waals surface area (Å²) < 4.78 is 0. The average molecular weight is 123 g/mol. The third-order valence-electron chi connectivity index (χ3n) is 1.83. The molecule has 1 aliphatic carbocycles. The lowest BCUT2D eigenvalue weighted by Crippen LogP contribution is -2.18. The van der Waals surface area contributed by atoms with E-state index in [4.69, 9.17) is 5.73 Å². The van der Waals surface area contributed by atoms with Crippen LogP contribution in [0.4, 0.5) is 0 Å². The number of nitrogens with one attached hydrogen (secondary N) is 1. The Kier molecular flexibility index (Phi) is 0.754. The molecule has 1 aromatic rings. The van der Waals surface area contributed by atoms with E-state index < -0.39 is 0 Å². The van der Waals surface area contributed by atoms with Crippen LogP contribution >= 0.6 is 0 Å². The Morgan fingerprint density at radius 1 is 1.67 bits per heavy atom. The number of nitrogens with two attached hydrogens (primary N) is 1. The molecule has 0 amide bonds. The predicted molar refractivity (Wildman–Crippen MR) is 33.7 cm³/mol. The van der Waals surface area contributed by atoms with Crippen molar-refractivity contribution in [3.05, 3.63) is 18.0 Å². The fourth-order valence-electron chi connectivity index (χ4n) is 0.937. The average Bonchev–Trinajstić information content (AvgIpc) is 2.46. The Labute approximate surface area is 53.3 Å². The van der Waals surface area contributed by atoms with E-state index in [1.807, 2.05) is 6.07 Å². The summed E-state index contributed by atoms with van der Waals surface area (Å²) in [5.41, 5.74) is 6.87. The molecule has 0 bridgehead atoms. The molecule has 48 valence electrons. The molecule has 3 heteroatoms. The highest BCUT2D eigenvalue weighted by Gasteiger charge is 2.41. The van der Waals surface area contributed by atoms with E-state index >= 15 is 0 Å². The van der Waals surface area contributed by atoms with Crippen LogP contribution in [0.1, 0.15) is 18.5 Å². The van der Waals surface area contributed by atoms with Crippen molar-refractivity contribution in [1.29, 1.82) is 0 Å². The monoisotopic (exact) mass is 123 g/mol. The van der Waals surface area contributed by atoms with Crippen molar-refractivity contribution in [2.45, 2.75) is 18.4 Å². The van der Waals surface area contributed by atoms with Crippen molar-refractivity contribution in [3.63, 3.8) is 0 Å². The van der Waals surface area contributed by atoms with E-state index in [1.165, 1.54) is 0 Å². The van der Waals surface area contributed by atoms with Crippen LogP contribution in [0.3, 0.4) is 0 Å². The van der Waals surface area contributed by atoms with Crippen LogP contribution in [0.25, 0.3) is 0 Å². The van der Waals surface area contributed by atoms with E-state index in [1.54, 1.807) is 6.20 Å². The molecule has 0 saturated heterocycles. The lowest BCUT2D eigenvalue weighted by atomic mass is 10.2. The number of nitrogens with zero attached hydrogens (tertiary/aromatic N) is 1. The van der Waals surface area contributed by atoms with Crippen LogP contribution in [0.15, 0.2) is 12.3 Å². The number of rotatable bonds is 1. The standard InChI is InChI=1S/C6H9N3/c7-6(2-3-6)5-1-4-8-9-5/h1,4H,2-3,7H2,(H,8,9). The van der Waals surface area contributed by atoms with Gasteiger partial charge in [0.05, 0.1) is 11.2 Å². The Morgan fingerprint density at radius 3 is 2.89 bits per heavy atom. The molecule has 1 heterocycles. The summed E-state index contributed by atoms with van der Waals surface area (Å²) in [5.74, 6) is 0. The van der Waals surface area contributed by atoms with E-state index in [0.717, 1.165) is 18.5 Å². The maximum absolute atomic E-state index is 5.84. The topological polar surface area (TPSA) is 54.7 Å². The highest BCUT2D eigenvalue weighted by Crippen LogP contribution is 2.41. The fraction of sp³-hybridized carbons (Fsp3) is 0.500. The molecule has 0 unspecified atom stereocenters. The van der Waals surface area contributed by atoms with Gasteiger partial charge >= 0.3 is 0 Å². The summed E-state index contributed by atoms with van der Waals surface area (Å²) in [4.78, 5) is 0. The highest BCUT2D eigenvalue weighted by atomic mass is 15.1. The van der Waals surface area contributed by atoms with Crippen molar-refractivity contribution >= 4 is 0 Å². The summed E-state index contributed by atoms with van der Waals surface area (Å²) in [5, 5.41) is 6.69. The van der Waals surface area contributed by atoms with Crippen molar-refractivity contribution < 1.29 is 0 Å². The van der Waals surface area contributed by atoms with Crippen LogP contribution in [0.2, 0.25) is 0 Å². The Hall–Kier alpha value is -0.830. The maximum atomic E-state index is 5.84. The minimum Gasteiger partial charge on any atom is -0.320 e. The van der Waals surface area contributed by atoms with E-state index in [2.05, 4.69) is 10.2 Å². The van der Waals surface area contributed by atoms with Crippen LogP contribution < -0.4 is 5.73 Å². The first kappa shape index (κ1) is 4.99. The van der Waals surface area contributed by atoms with Gasteiger partial charge in [0.2, 0.25) is 0 Å². The summed E-state index contributed by atoms with van der Waals surface area (Å²) >= 11 is 0. The van der Waals surface area contributed by atoms with Gasteiger partial charge in [-0.2, -0.15) is 5.10 Å². The molecule has 2 rings (SSSR count). The minimum atomic E-state index is -0.0451. The zero-order valence-corrected chi connectivity index (χ0v) is 5.09.